The van der Waals surface area contributed by atoms with Crippen molar-refractivity contribution in [3.05, 3.63) is 30.0 Å². The van der Waals surface area contributed by atoms with Crippen LogP contribution >= 0.6 is 0 Å². The number of halogens is 5. The Balaban J connectivity index is 1.58. The molecule has 9 nitrogen and oxygen atoms in total. The van der Waals surface area contributed by atoms with Crippen molar-refractivity contribution in [3.63, 3.8) is 0 Å². The Labute approximate surface area is 202 Å². The Morgan fingerprint density at radius 1 is 1.19 bits per heavy atom. The van der Waals surface area contributed by atoms with Crippen LogP contribution in [0.5, 0.6) is 0 Å². The first-order valence-electron chi connectivity index (χ1n) is 11.3. The van der Waals surface area contributed by atoms with Crippen molar-refractivity contribution in [2.24, 2.45) is 0 Å². The Hall–Kier alpha value is -3.55. The first-order valence-corrected chi connectivity index (χ1v) is 11.3. The molecular formula is C22H24F5N9. The molecule has 2 N–H and O–H groups in total. The molecule has 0 bridgehead atoms. The van der Waals surface area contributed by atoms with E-state index in [9.17, 15) is 17.6 Å². The molecular weight excluding hydrogens is 485 g/mol. The average Bonchev–Trinajstić information content (AvgIpc) is 3.29. The van der Waals surface area contributed by atoms with Crippen LogP contribution in [0.4, 0.5) is 33.7 Å². The van der Waals surface area contributed by atoms with Crippen molar-refractivity contribution in [2.45, 2.75) is 38.3 Å². The highest BCUT2D eigenvalue weighted by molar-refractivity contribution is 5.89. The van der Waals surface area contributed by atoms with E-state index in [2.05, 4.69) is 30.7 Å². The second-order valence-electron chi connectivity index (χ2n) is 8.86. The molecule has 0 spiro atoms. The molecule has 14 heteroatoms. The SMILES string of the molecule is CNc1nc(N[C@@H]2CCN(C)CC2(F)F)nn2cc(F)c(-c3ccc4nc(C)n(CC(F)F)c4n3)c12. The summed E-state index contributed by atoms with van der Waals surface area (Å²) >= 11 is 0. The number of piperidine rings is 1. The van der Waals surface area contributed by atoms with E-state index in [0.29, 0.717) is 17.9 Å². The number of likely N-dealkylation sites (tertiary alicyclic amines) is 1. The Bertz CT molecular complexity index is 1430. The van der Waals surface area contributed by atoms with E-state index in [0.717, 1.165) is 6.20 Å². The van der Waals surface area contributed by atoms with Crippen molar-refractivity contribution in [2.75, 3.05) is 37.8 Å². The highest BCUT2D eigenvalue weighted by atomic mass is 19.3. The van der Waals surface area contributed by atoms with Gasteiger partial charge in [-0.1, -0.05) is 0 Å². The lowest BCUT2D eigenvalue weighted by molar-refractivity contribution is -0.0675. The molecule has 4 aromatic heterocycles. The van der Waals surface area contributed by atoms with Gasteiger partial charge < -0.3 is 20.1 Å². The number of alkyl halides is 4. The van der Waals surface area contributed by atoms with Crippen LogP contribution in [0.25, 0.3) is 27.9 Å². The normalized spacial score (nSPS) is 18.4. The number of nitrogens with zero attached hydrogens (tertiary/aromatic N) is 7. The zero-order valence-corrected chi connectivity index (χ0v) is 19.7. The van der Waals surface area contributed by atoms with Gasteiger partial charge in [-0.2, -0.15) is 4.98 Å². The summed E-state index contributed by atoms with van der Waals surface area (Å²) in [6, 6.07) is 1.93. The van der Waals surface area contributed by atoms with E-state index in [1.165, 1.54) is 15.1 Å². The fourth-order valence-corrected chi connectivity index (χ4v) is 4.59. The summed E-state index contributed by atoms with van der Waals surface area (Å²) in [5, 5.41) is 9.77. The van der Waals surface area contributed by atoms with Gasteiger partial charge in [0, 0.05) is 13.6 Å². The van der Waals surface area contributed by atoms with Crippen LogP contribution in [0.3, 0.4) is 0 Å². The van der Waals surface area contributed by atoms with E-state index in [-0.39, 0.29) is 40.6 Å². The van der Waals surface area contributed by atoms with Crippen LogP contribution in [0.15, 0.2) is 18.3 Å². The number of fused-ring (bicyclic) bond motifs is 2. The van der Waals surface area contributed by atoms with Crippen LogP contribution in [-0.2, 0) is 6.54 Å². The average molecular weight is 509 g/mol. The topological polar surface area (TPSA) is 88.2 Å². The zero-order valence-electron chi connectivity index (χ0n) is 19.7. The van der Waals surface area contributed by atoms with Crippen LogP contribution in [-0.4, -0.2) is 79.6 Å². The number of imidazole rings is 1. The van der Waals surface area contributed by atoms with Gasteiger partial charge in [0.05, 0.1) is 36.6 Å². The number of anilines is 2. The molecule has 4 aromatic rings. The van der Waals surface area contributed by atoms with Crippen molar-refractivity contribution in [3.8, 4) is 11.3 Å². The second-order valence-corrected chi connectivity index (χ2v) is 8.86. The Morgan fingerprint density at radius 3 is 2.67 bits per heavy atom. The summed E-state index contributed by atoms with van der Waals surface area (Å²) in [5.41, 5.74) is 1.02. The molecule has 0 aliphatic carbocycles. The minimum Gasteiger partial charge on any atom is -0.371 e. The van der Waals surface area contributed by atoms with Crippen LogP contribution in [0, 0.1) is 12.7 Å². The predicted octanol–water partition coefficient (Wildman–Crippen LogP) is 3.65. The fourth-order valence-electron chi connectivity index (χ4n) is 4.59. The number of pyridine rings is 1. The molecule has 36 heavy (non-hydrogen) atoms. The third-order valence-corrected chi connectivity index (χ3v) is 6.27. The van der Waals surface area contributed by atoms with Gasteiger partial charge in [-0.15, -0.1) is 5.10 Å². The maximum absolute atomic E-state index is 15.2. The number of nitrogens with one attached hydrogen (secondary N) is 2. The molecule has 1 aliphatic heterocycles. The third kappa shape index (κ3) is 4.18. The largest absolute Gasteiger partial charge is 0.371 e. The van der Waals surface area contributed by atoms with Crippen molar-refractivity contribution in [1.82, 2.24) is 34.0 Å². The first-order chi connectivity index (χ1) is 17.1. The summed E-state index contributed by atoms with van der Waals surface area (Å²) in [4.78, 5) is 14.5. The summed E-state index contributed by atoms with van der Waals surface area (Å²) in [7, 11) is 3.19. The van der Waals surface area contributed by atoms with Gasteiger partial charge in [0.25, 0.3) is 12.3 Å². The number of aryl methyl sites for hydroxylation is 1. The number of aromatic nitrogens is 6. The van der Waals surface area contributed by atoms with Gasteiger partial charge in [-0.25, -0.2) is 36.4 Å². The predicted molar refractivity (Wildman–Crippen MR) is 124 cm³/mol. The molecule has 1 fully saturated rings. The molecule has 0 radical (unpaired) electrons. The standard InChI is InChI=1S/C22H24F5N9/c1-11-29-14-5-4-13(30-20(14)35(11)9-16(24)25)17-12(23)8-36-18(17)19(28-2)32-21(33-36)31-15-6-7-34(3)10-22(15,26)27/h4-5,8,15-16H,6-7,9-10H2,1-3H3,(H2,28,31,32,33)/t15-/m1/s1. The minimum atomic E-state index is -3.00. The molecule has 1 aliphatic rings. The molecule has 1 atom stereocenters. The monoisotopic (exact) mass is 509 g/mol. The minimum absolute atomic E-state index is 0.0415. The smallest absolute Gasteiger partial charge is 0.280 e. The molecule has 1 saturated heterocycles. The van der Waals surface area contributed by atoms with E-state index >= 15 is 4.39 Å². The lowest BCUT2D eigenvalue weighted by atomic mass is 10.0. The maximum Gasteiger partial charge on any atom is 0.280 e. The van der Waals surface area contributed by atoms with E-state index in [4.69, 9.17) is 0 Å². The number of rotatable bonds is 6. The molecule has 0 saturated carbocycles. The third-order valence-electron chi connectivity index (χ3n) is 6.27. The van der Waals surface area contributed by atoms with Gasteiger partial charge in [-0.05, 0) is 32.5 Å². The molecule has 0 amide bonds. The second kappa shape index (κ2) is 8.84. The van der Waals surface area contributed by atoms with Crippen molar-refractivity contribution < 1.29 is 22.0 Å². The van der Waals surface area contributed by atoms with Gasteiger partial charge in [0.1, 0.15) is 16.9 Å². The molecule has 0 aromatic carbocycles. The molecule has 5 rings (SSSR count). The van der Waals surface area contributed by atoms with Gasteiger partial charge >= 0.3 is 0 Å². The van der Waals surface area contributed by atoms with Crippen LogP contribution in [0.2, 0.25) is 0 Å². The zero-order chi connectivity index (χ0) is 25.8. The summed E-state index contributed by atoms with van der Waals surface area (Å²) in [6.45, 7) is 1.07. The van der Waals surface area contributed by atoms with Crippen LogP contribution < -0.4 is 10.6 Å². The van der Waals surface area contributed by atoms with Crippen LogP contribution in [0.1, 0.15) is 12.2 Å². The highest BCUT2D eigenvalue weighted by Gasteiger charge is 2.44. The molecule has 192 valence electrons. The fraction of sp³-hybridized carbons (Fsp3) is 0.455. The van der Waals surface area contributed by atoms with Gasteiger partial charge in [0.15, 0.2) is 17.3 Å². The van der Waals surface area contributed by atoms with Gasteiger partial charge in [-0.3, -0.25) is 0 Å². The van der Waals surface area contributed by atoms with Gasteiger partial charge in [0.2, 0.25) is 5.95 Å². The summed E-state index contributed by atoms with van der Waals surface area (Å²) in [6.07, 6.45) is -1.34. The molecule has 0 unspecified atom stereocenters. The quantitative estimate of drug-likeness (QED) is 0.384. The first kappa shape index (κ1) is 24.2. The summed E-state index contributed by atoms with van der Waals surface area (Å²) in [5.74, 6) is -3.24. The number of hydrogen-bond donors (Lipinski definition) is 2. The lowest BCUT2D eigenvalue weighted by Gasteiger charge is -2.36. The molecule has 5 heterocycles. The van der Waals surface area contributed by atoms with E-state index < -0.39 is 37.3 Å². The highest BCUT2D eigenvalue weighted by Crippen LogP contribution is 2.34. The van der Waals surface area contributed by atoms with E-state index in [1.54, 1.807) is 32.0 Å². The van der Waals surface area contributed by atoms with Crippen molar-refractivity contribution >= 4 is 28.4 Å². The number of hydrogen-bond acceptors (Lipinski definition) is 7. The maximum atomic E-state index is 15.2. The summed E-state index contributed by atoms with van der Waals surface area (Å²) < 4.78 is 73.0. The van der Waals surface area contributed by atoms with Crippen molar-refractivity contribution in [1.29, 1.82) is 0 Å². The lowest BCUT2D eigenvalue weighted by Crippen LogP contribution is -2.53. The Morgan fingerprint density at radius 2 is 1.97 bits per heavy atom. The van der Waals surface area contributed by atoms with E-state index in [1.807, 2.05) is 0 Å². The Kier molecular flexibility index (Phi) is 5.93.